The van der Waals surface area contributed by atoms with Gasteiger partial charge in [0.15, 0.2) is 0 Å². The lowest BCUT2D eigenvalue weighted by Crippen LogP contribution is -2.50. The molecular formula is C22H21BrN2O4S. The highest BCUT2D eigenvalue weighted by atomic mass is 79.9. The van der Waals surface area contributed by atoms with E-state index in [9.17, 15) is 13.2 Å². The summed E-state index contributed by atoms with van der Waals surface area (Å²) in [7, 11) is -2.05. The van der Waals surface area contributed by atoms with Gasteiger partial charge < -0.3 is 9.64 Å². The Morgan fingerprint density at radius 2 is 1.60 bits per heavy atom. The molecule has 4 rings (SSSR count). The number of carbonyl (C=O) groups is 1. The molecule has 0 saturated carbocycles. The Labute approximate surface area is 184 Å². The van der Waals surface area contributed by atoms with E-state index in [1.165, 1.54) is 4.31 Å². The van der Waals surface area contributed by atoms with Gasteiger partial charge in [0, 0.05) is 30.7 Å². The summed E-state index contributed by atoms with van der Waals surface area (Å²) < 4.78 is 33.4. The van der Waals surface area contributed by atoms with E-state index in [0.717, 1.165) is 10.8 Å². The number of sulfonamides is 1. The van der Waals surface area contributed by atoms with Gasteiger partial charge in [0.2, 0.25) is 10.0 Å². The molecule has 1 heterocycles. The number of hydrogen-bond donors (Lipinski definition) is 0. The molecule has 1 amide bonds. The molecule has 0 aliphatic carbocycles. The smallest absolute Gasteiger partial charge is 0.257 e. The number of carbonyl (C=O) groups excluding carboxylic acids is 1. The summed E-state index contributed by atoms with van der Waals surface area (Å²) in [4.78, 5) is 15.1. The second kappa shape index (κ2) is 8.37. The number of benzene rings is 3. The van der Waals surface area contributed by atoms with Crippen LogP contribution < -0.4 is 4.74 Å². The van der Waals surface area contributed by atoms with Crippen molar-refractivity contribution in [3.8, 4) is 5.75 Å². The van der Waals surface area contributed by atoms with Gasteiger partial charge in [-0.25, -0.2) is 8.42 Å². The number of hydrogen-bond acceptors (Lipinski definition) is 4. The fraction of sp³-hybridized carbons (Fsp3) is 0.227. The average Bonchev–Trinajstić information content (AvgIpc) is 2.77. The van der Waals surface area contributed by atoms with Crippen LogP contribution in [0.4, 0.5) is 0 Å². The molecule has 0 atom stereocenters. The molecule has 8 heteroatoms. The zero-order chi connectivity index (χ0) is 21.3. The summed E-state index contributed by atoms with van der Waals surface area (Å²) >= 11 is 3.32. The Kier molecular flexibility index (Phi) is 5.81. The van der Waals surface area contributed by atoms with Crippen molar-refractivity contribution in [2.24, 2.45) is 0 Å². The monoisotopic (exact) mass is 488 g/mol. The third-order valence-electron chi connectivity index (χ3n) is 5.26. The maximum Gasteiger partial charge on any atom is 0.257 e. The summed E-state index contributed by atoms with van der Waals surface area (Å²) in [6.45, 7) is 1.14. The van der Waals surface area contributed by atoms with Crippen LogP contribution in [0.3, 0.4) is 0 Å². The molecule has 1 aliphatic rings. The molecule has 3 aromatic carbocycles. The van der Waals surface area contributed by atoms with Crippen LogP contribution in [0.1, 0.15) is 10.4 Å². The SMILES string of the molecule is COc1cc2ccccc2cc1C(=O)N1CCN(S(=O)(=O)c2cccc(Br)c2)CC1. The van der Waals surface area contributed by atoms with Gasteiger partial charge in [-0.15, -0.1) is 0 Å². The van der Waals surface area contributed by atoms with Crippen molar-refractivity contribution < 1.29 is 17.9 Å². The maximum atomic E-state index is 13.2. The van der Waals surface area contributed by atoms with Crippen LogP contribution in [-0.4, -0.2) is 56.8 Å². The number of amides is 1. The summed E-state index contributed by atoms with van der Waals surface area (Å²) in [5.74, 6) is 0.361. The molecule has 1 aliphatic heterocycles. The molecule has 0 radical (unpaired) electrons. The molecule has 0 bridgehead atoms. The minimum atomic E-state index is -3.60. The lowest BCUT2D eigenvalue weighted by molar-refractivity contribution is 0.0694. The zero-order valence-electron chi connectivity index (χ0n) is 16.4. The van der Waals surface area contributed by atoms with E-state index in [2.05, 4.69) is 15.9 Å². The molecule has 1 saturated heterocycles. The number of methoxy groups -OCH3 is 1. The molecular weight excluding hydrogens is 468 g/mol. The highest BCUT2D eigenvalue weighted by Gasteiger charge is 2.31. The van der Waals surface area contributed by atoms with Crippen LogP contribution in [0.25, 0.3) is 10.8 Å². The Morgan fingerprint density at radius 1 is 0.933 bits per heavy atom. The van der Waals surface area contributed by atoms with Crippen molar-refractivity contribution in [3.05, 3.63) is 70.7 Å². The van der Waals surface area contributed by atoms with Crippen molar-refractivity contribution in [2.75, 3.05) is 33.3 Å². The van der Waals surface area contributed by atoms with E-state index in [-0.39, 0.29) is 23.9 Å². The fourth-order valence-electron chi connectivity index (χ4n) is 3.63. The largest absolute Gasteiger partial charge is 0.496 e. The standard InChI is InChI=1S/C22H21BrN2O4S/c1-29-21-14-17-6-3-2-5-16(17)13-20(21)22(26)24-9-11-25(12-10-24)30(27,28)19-8-4-7-18(23)15-19/h2-8,13-15H,9-12H2,1H3. The first-order valence-electron chi connectivity index (χ1n) is 9.52. The lowest BCUT2D eigenvalue weighted by atomic mass is 10.0. The third-order valence-corrected chi connectivity index (χ3v) is 7.65. The number of fused-ring (bicyclic) bond motifs is 1. The molecule has 0 spiro atoms. The summed E-state index contributed by atoms with van der Waals surface area (Å²) in [5, 5.41) is 1.95. The normalized spacial score (nSPS) is 15.3. The minimum absolute atomic E-state index is 0.155. The predicted octanol–water partition coefficient (Wildman–Crippen LogP) is 3.76. The molecule has 6 nitrogen and oxygen atoms in total. The number of nitrogens with zero attached hydrogens (tertiary/aromatic N) is 2. The van der Waals surface area contributed by atoms with E-state index in [1.807, 2.05) is 36.4 Å². The van der Waals surface area contributed by atoms with Crippen LogP contribution in [0.2, 0.25) is 0 Å². The molecule has 0 N–H and O–H groups in total. The Bertz CT molecular complexity index is 1200. The first-order valence-corrected chi connectivity index (χ1v) is 11.8. The highest BCUT2D eigenvalue weighted by Crippen LogP contribution is 2.28. The second-order valence-corrected chi connectivity index (χ2v) is 9.91. The van der Waals surface area contributed by atoms with Gasteiger partial charge in [-0.1, -0.05) is 46.3 Å². The minimum Gasteiger partial charge on any atom is -0.496 e. The van der Waals surface area contributed by atoms with E-state index < -0.39 is 10.0 Å². The van der Waals surface area contributed by atoms with Crippen molar-refractivity contribution in [2.45, 2.75) is 4.90 Å². The number of ether oxygens (including phenoxy) is 1. The second-order valence-electron chi connectivity index (χ2n) is 7.05. The molecule has 30 heavy (non-hydrogen) atoms. The maximum absolute atomic E-state index is 13.2. The van der Waals surface area contributed by atoms with Gasteiger partial charge in [0.25, 0.3) is 5.91 Å². The van der Waals surface area contributed by atoms with Gasteiger partial charge >= 0.3 is 0 Å². The first kappa shape index (κ1) is 20.8. The Morgan fingerprint density at radius 3 is 2.23 bits per heavy atom. The topological polar surface area (TPSA) is 66.9 Å². The van der Waals surface area contributed by atoms with Gasteiger partial charge in [0.1, 0.15) is 5.75 Å². The number of halogens is 1. The predicted molar refractivity (Wildman–Crippen MR) is 119 cm³/mol. The lowest BCUT2D eigenvalue weighted by Gasteiger charge is -2.34. The van der Waals surface area contributed by atoms with Crippen molar-refractivity contribution >= 4 is 42.6 Å². The zero-order valence-corrected chi connectivity index (χ0v) is 18.8. The first-order chi connectivity index (χ1) is 14.4. The molecule has 1 fully saturated rings. The van der Waals surface area contributed by atoms with Crippen molar-refractivity contribution in [1.82, 2.24) is 9.21 Å². The fourth-order valence-corrected chi connectivity index (χ4v) is 5.65. The molecule has 3 aromatic rings. The molecule has 0 aromatic heterocycles. The molecule has 0 unspecified atom stereocenters. The number of piperazine rings is 1. The van der Waals surface area contributed by atoms with Crippen LogP contribution >= 0.6 is 15.9 Å². The summed E-state index contributed by atoms with van der Waals surface area (Å²) in [6.07, 6.45) is 0. The van der Waals surface area contributed by atoms with Gasteiger partial charge in [0.05, 0.1) is 17.6 Å². The van der Waals surface area contributed by atoms with Gasteiger partial charge in [-0.2, -0.15) is 4.31 Å². The molecule has 156 valence electrons. The van der Waals surface area contributed by atoms with Crippen LogP contribution in [0, 0.1) is 0 Å². The third kappa shape index (κ3) is 3.95. The van der Waals surface area contributed by atoms with E-state index in [0.29, 0.717) is 28.9 Å². The van der Waals surface area contributed by atoms with Gasteiger partial charge in [-0.3, -0.25) is 4.79 Å². The van der Waals surface area contributed by atoms with E-state index in [4.69, 9.17) is 4.74 Å². The highest BCUT2D eigenvalue weighted by molar-refractivity contribution is 9.10. The summed E-state index contributed by atoms with van der Waals surface area (Å²) in [5.41, 5.74) is 0.486. The van der Waals surface area contributed by atoms with Crippen LogP contribution in [0.5, 0.6) is 5.75 Å². The number of rotatable bonds is 4. The Balaban J connectivity index is 1.53. The van der Waals surface area contributed by atoms with Gasteiger partial charge in [-0.05, 0) is 41.1 Å². The van der Waals surface area contributed by atoms with E-state index in [1.54, 1.807) is 36.3 Å². The van der Waals surface area contributed by atoms with Crippen molar-refractivity contribution in [1.29, 1.82) is 0 Å². The average molecular weight is 489 g/mol. The quantitative estimate of drug-likeness (QED) is 0.560. The Hall–Kier alpha value is -2.42. The van der Waals surface area contributed by atoms with E-state index >= 15 is 0 Å². The van der Waals surface area contributed by atoms with Crippen molar-refractivity contribution in [3.63, 3.8) is 0 Å². The van der Waals surface area contributed by atoms with Crippen LogP contribution in [-0.2, 0) is 10.0 Å². The van der Waals surface area contributed by atoms with Crippen LogP contribution in [0.15, 0.2) is 70.0 Å². The summed E-state index contributed by atoms with van der Waals surface area (Å²) in [6, 6.07) is 18.1.